The monoisotopic (exact) mass is 217 g/mol. The van der Waals surface area contributed by atoms with Gasteiger partial charge in [0.05, 0.1) is 6.10 Å². The Labute approximate surface area is 92.2 Å². The lowest BCUT2D eigenvalue weighted by molar-refractivity contribution is 0.127. The van der Waals surface area contributed by atoms with Gasteiger partial charge < -0.3 is 10.1 Å². The Hall–Kier alpha value is 0.270. The summed E-state index contributed by atoms with van der Waals surface area (Å²) in [6.45, 7) is 10.9. The van der Waals surface area contributed by atoms with Crippen molar-refractivity contribution in [1.29, 1.82) is 0 Å². The molecule has 0 bridgehead atoms. The second-order valence-electron chi connectivity index (χ2n) is 4.09. The van der Waals surface area contributed by atoms with Gasteiger partial charge in [-0.1, -0.05) is 13.8 Å². The molecule has 14 heavy (non-hydrogen) atoms. The number of hydrogen-bond donors (Lipinski definition) is 1. The van der Waals surface area contributed by atoms with E-state index < -0.39 is 0 Å². The first-order valence-corrected chi connectivity index (χ1v) is 6.59. The third kappa shape index (κ3) is 3.44. The molecule has 1 aliphatic rings. The maximum absolute atomic E-state index is 5.56. The number of thioether (sulfide) groups is 1. The maximum atomic E-state index is 5.56. The van der Waals surface area contributed by atoms with Crippen molar-refractivity contribution in [3.8, 4) is 0 Å². The summed E-state index contributed by atoms with van der Waals surface area (Å²) < 4.78 is 5.56. The van der Waals surface area contributed by atoms with Crippen molar-refractivity contribution in [3.05, 3.63) is 0 Å². The zero-order chi connectivity index (χ0) is 10.6. The van der Waals surface area contributed by atoms with Crippen LogP contribution in [0.3, 0.4) is 0 Å². The number of nitrogens with one attached hydrogen (secondary N) is 1. The fourth-order valence-corrected chi connectivity index (χ4v) is 3.19. The molecule has 84 valence electrons. The highest BCUT2D eigenvalue weighted by Crippen LogP contribution is 2.30. The highest BCUT2D eigenvalue weighted by molar-refractivity contribution is 8.00. The van der Waals surface area contributed by atoms with Gasteiger partial charge in [-0.15, -0.1) is 0 Å². The van der Waals surface area contributed by atoms with Crippen LogP contribution < -0.4 is 5.32 Å². The third-order valence-corrected chi connectivity index (χ3v) is 4.73. The van der Waals surface area contributed by atoms with Gasteiger partial charge in [0.25, 0.3) is 0 Å². The van der Waals surface area contributed by atoms with E-state index in [2.05, 4.69) is 44.8 Å². The van der Waals surface area contributed by atoms with E-state index in [1.807, 2.05) is 0 Å². The summed E-state index contributed by atoms with van der Waals surface area (Å²) in [4.78, 5) is 0. The topological polar surface area (TPSA) is 21.3 Å². The van der Waals surface area contributed by atoms with E-state index in [4.69, 9.17) is 4.74 Å². The first-order valence-electron chi connectivity index (χ1n) is 5.65. The van der Waals surface area contributed by atoms with Gasteiger partial charge in [-0.05, 0) is 26.8 Å². The van der Waals surface area contributed by atoms with Crippen molar-refractivity contribution < 1.29 is 4.74 Å². The minimum atomic E-state index is 0.441. The minimum Gasteiger partial charge on any atom is -0.377 e. The third-order valence-electron chi connectivity index (χ3n) is 2.93. The van der Waals surface area contributed by atoms with Crippen LogP contribution in [0.15, 0.2) is 0 Å². The number of hydrogen-bond acceptors (Lipinski definition) is 3. The SMILES string of the molecule is CCNC(C)C(C)SC1CCOC1C. The molecule has 0 aliphatic carbocycles. The van der Waals surface area contributed by atoms with Crippen LogP contribution in [0.5, 0.6) is 0 Å². The van der Waals surface area contributed by atoms with Crippen LogP contribution in [-0.4, -0.2) is 35.8 Å². The molecule has 1 fully saturated rings. The number of rotatable bonds is 5. The van der Waals surface area contributed by atoms with E-state index in [1.54, 1.807) is 0 Å². The van der Waals surface area contributed by atoms with Crippen LogP contribution in [0.25, 0.3) is 0 Å². The Balaban J connectivity index is 2.28. The van der Waals surface area contributed by atoms with E-state index in [0.29, 0.717) is 22.6 Å². The van der Waals surface area contributed by atoms with Crippen molar-refractivity contribution in [2.75, 3.05) is 13.2 Å². The highest BCUT2D eigenvalue weighted by Gasteiger charge is 2.27. The Morgan fingerprint density at radius 2 is 2.21 bits per heavy atom. The molecule has 1 heterocycles. The van der Waals surface area contributed by atoms with E-state index in [1.165, 1.54) is 6.42 Å². The smallest absolute Gasteiger partial charge is 0.0666 e. The lowest BCUT2D eigenvalue weighted by Gasteiger charge is -2.24. The summed E-state index contributed by atoms with van der Waals surface area (Å²) in [5.41, 5.74) is 0. The largest absolute Gasteiger partial charge is 0.377 e. The summed E-state index contributed by atoms with van der Waals surface area (Å²) in [6, 6.07) is 0.595. The summed E-state index contributed by atoms with van der Waals surface area (Å²) in [7, 11) is 0. The van der Waals surface area contributed by atoms with E-state index >= 15 is 0 Å². The molecule has 0 aromatic carbocycles. The molecule has 1 aliphatic heterocycles. The van der Waals surface area contributed by atoms with Crippen molar-refractivity contribution in [2.24, 2.45) is 0 Å². The fraction of sp³-hybridized carbons (Fsp3) is 1.00. The van der Waals surface area contributed by atoms with E-state index in [0.717, 1.165) is 13.2 Å². The Morgan fingerprint density at radius 3 is 2.71 bits per heavy atom. The predicted octanol–water partition coefficient (Wildman–Crippen LogP) is 2.28. The van der Waals surface area contributed by atoms with Crippen LogP contribution >= 0.6 is 11.8 Å². The summed E-state index contributed by atoms with van der Waals surface area (Å²) >= 11 is 2.08. The molecule has 1 rings (SSSR count). The fourth-order valence-electron chi connectivity index (χ4n) is 1.77. The molecular weight excluding hydrogens is 194 g/mol. The standard InChI is InChI=1S/C11H23NOS/c1-5-12-8(2)10(4)14-11-6-7-13-9(11)3/h8-12H,5-7H2,1-4H3. The first-order chi connectivity index (χ1) is 6.65. The molecule has 0 amide bonds. The second kappa shape index (κ2) is 5.99. The van der Waals surface area contributed by atoms with Crippen LogP contribution in [0.1, 0.15) is 34.1 Å². The van der Waals surface area contributed by atoms with Crippen molar-refractivity contribution in [3.63, 3.8) is 0 Å². The Bertz CT molecular complexity index is 165. The van der Waals surface area contributed by atoms with Crippen LogP contribution in [-0.2, 0) is 4.74 Å². The summed E-state index contributed by atoms with van der Waals surface area (Å²) in [6.07, 6.45) is 1.66. The van der Waals surface area contributed by atoms with Gasteiger partial charge in [0.15, 0.2) is 0 Å². The Kier molecular flexibility index (Phi) is 5.28. The predicted molar refractivity (Wildman–Crippen MR) is 64.0 cm³/mol. The van der Waals surface area contributed by atoms with Crippen LogP contribution in [0.4, 0.5) is 0 Å². The van der Waals surface area contributed by atoms with Gasteiger partial charge in [0.1, 0.15) is 0 Å². The zero-order valence-corrected chi connectivity index (χ0v) is 10.6. The Morgan fingerprint density at radius 1 is 1.50 bits per heavy atom. The average molecular weight is 217 g/mol. The van der Waals surface area contributed by atoms with Gasteiger partial charge >= 0.3 is 0 Å². The van der Waals surface area contributed by atoms with E-state index in [9.17, 15) is 0 Å². The van der Waals surface area contributed by atoms with Crippen molar-refractivity contribution in [1.82, 2.24) is 5.32 Å². The van der Waals surface area contributed by atoms with Gasteiger partial charge in [-0.25, -0.2) is 0 Å². The molecule has 1 saturated heterocycles. The van der Waals surface area contributed by atoms with Crippen molar-refractivity contribution in [2.45, 2.75) is 56.8 Å². The summed E-state index contributed by atoms with van der Waals surface area (Å²) in [5, 5.41) is 4.84. The molecular formula is C11H23NOS. The van der Waals surface area contributed by atoms with E-state index in [-0.39, 0.29) is 0 Å². The first kappa shape index (κ1) is 12.3. The van der Waals surface area contributed by atoms with Gasteiger partial charge in [-0.2, -0.15) is 11.8 Å². The molecule has 0 spiro atoms. The lowest BCUT2D eigenvalue weighted by atomic mass is 10.2. The normalized spacial score (nSPS) is 31.7. The highest BCUT2D eigenvalue weighted by atomic mass is 32.2. The molecule has 3 heteroatoms. The van der Waals surface area contributed by atoms with Gasteiger partial charge in [0, 0.05) is 23.1 Å². The van der Waals surface area contributed by atoms with Crippen molar-refractivity contribution >= 4 is 11.8 Å². The zero-order valence-electron chi connectivity index (χ0n) is 9.75. The lowest BCUT2D eigenvalue weighted by Crippen LogP contribution is -2.35. The van der Waals surface area contributed by atoms with Gasteiger partial charge in [-0.3, -0.25) is 0 Å². The molecule has 0 aromatic rings. The minimum absolute atomic E-state index is 0.441. The van der Waals surface area contributed by atoms with Gasteiger partial charge in [0.2, 0.25) is 0 Å². The molecule has 0 saturated carbocycles. The molecule has 1 N–H and O–H groups in total. The second-order valence-corrected chi connectivity index (χ2v) is 5.71. The average Bonchev–Trinajstić information content (AvgIpc) is 2.52. The molecule has 4 unspecified atom stereocenters. The molecule has 4 atom stereocenters. The number of ether oxygens (including phenoxy) is 1. The maximum Gasteiger partial charge on any atom is 0.0666 e. The molecule has 0 radical (unpaired) electrons. The summed E-state index contributed by atoms with van der Waals surface area (Å²) in [5.74, 6) is 0. The van der Waals surface area contributed by atoms with Crippen LogP contribution in [0.2, 0.25) is 0 Å². The molecule has 2 nitrogen and oxygen atoms in total. The van der Waals surface area contributed by atoms with Crippen LogP contribution in [0, 0.1) is 0 Å². The quantitative estimate of drug-likeness (QED) is 0.763. The molecule has 0 aromatic heterocycles.